The minimum Gasteiger partial charge on any atom is -0.593 e. The average molecular weight is 440 g/mol. The van der Waals surface area contributed by atoms with E-state index in [2.05, 4.69) is 25.9 Å². The first kappa shape index (κ1) is 22.6. The molecular formula is C23H25N3O4S. The molecule has 0 spiro atoms. The van der Waals surface area contributed by atoms with Gasteiger partial charge in [0.2, 0.25) is 0 Å². The Morgan fingerprint density at radius 3 is 2.42 bits per heavy atom. The number of carboxylic acid groups (broad SMARTS) is 1. The maximum absolute atomic E-state index is 13.4. The molecule has 162 valence electrons. The molecule has 0 saturated heterocycles. The van der Waals surface area contributed by atoms with Crippen molar-refractivity contribution >= 4 is 28.9 Å². The Labute approximate surface area is 184 Å². The third-order valence-electron chi connectivity index (χ3n) is 4.92. The zero-order valence-electron chi connectivity index (χ0n) is 18.1. The lowest BCUT2D eigenvalue weighted by Crippen LogP contribution is -2.36. The van der Waals surface area contributed by atoms with Gasteiger partial charge in [0.05, 0.1) is 34.5 Å². The summed E-state index contributed by atoms with van der Waals surface area (Å²) in [6, 6.07) is 12.5. The van der Waals surface area contributed by atoms with Crippen molar-refractivity contribution in [3.05, 3.63) is 77.1 Å². The van der Waals surface area contributed by atoms with Gasteiger partial charge in [0.1, 0.15) is 6.26 Å². The quantitative estimate of drug-likeness (QED) is 0.603. The highest BCUT2D eigenvalue weighted by Crippen LogP contribution is 2.29. The van der Waals surface area contributed by atoms with Crippen LogP contribution in [-0.2, 0) is 16.8 Å². The molecule has 0 aliphatic carbocycles. The molecule has 1 heterocycles. The third kappa shape index (κ3) is 4.81. The average Bonchev–Trinajstić information content (AvgIpc) is 3.18. The lowest BCUT2D eigenvalue weighted by atomic mass is 9.87. The standard InChI is InChI=1S/C23H25N3O4S/c1-15-9-10-16(11-20(15)25-14-17(13-24-25)22(28)29)21(27)26(31(5)30)19-8-6-7-18(12-19)23(2,3)4/h6-14H,1-5H3,(H,28,29)/t31-/m0/s1. The van der Waals surface area contributed by atoms with Gasteiger partial charge < -0.3 is 9.66 Å². The van der Waals surface area contributed by atoms with Crippen LogP contribution in [0.25, 0.3) is 5.69 Å². The second kappa shape index (κ2) is 8.56. The molecule has 0 saturated carbocycles. The predicted molar refractivity (Wildman–Crippen MR) is 121 cm³/mol. The van der Waals surface area contributed by atoms with Crippen LogP contribution in [0, 0.1) is 6.92 Å². The first-order chi connectivity index (χ1) is 14.5. The van der Waals surface area contributed by atoms with Crippen LogP contribution in [0.3, 0.4) is 0 Å². The molecule has 0 aliphatic rings. The van der Waals surface area contributed by atoms with Gasteiger partial charge in [-0.15, -0.1) is 4.31 Å². The van der Waals surface area contributed by atoms with Crippen LogP contribution < -0.4 is 4.31 Å². The number of benzene rings is 2. The number of carboxylic acids is 1. The molecule has 31 heavy (non-hydrogen) atoms. The van der Waals surface area contributed by atoms with E-state index in [1.54, 1.807) is 24.3 Å². The van der Waals surface area contributed by atoms with Gasteiger partial charge in [-0.3, -0.25) is 4.79 Å². The molecule has 0 bridgehead atoms. The summed E-state index contributed by atoms with van der Waals surface area (Å²) >= 11 is -1.59. The van der Waals surface area contributed by atoms with Gasteiger partial charge in [-0.1, -0.05) is 39.0 Å². The predicted octanol–water partition coefficient (Wildman–Crippen LogP) is 4.12. The molecule has 3 aromatic rings. The third-order valence-corrected chi connectivity index (χ3v) is 5.81. The minimum absolute atomic E-state index is 0.0476. The Hall–Kier alpha value is -3.10. The van der Waals surface area contributed by atoms with Gasteiger partial charge in [-0.05, 0) is 47.7 Å². The van der Waals surface area contributed by atoms with E-state index >= 15 is 0 Å². The molecule has 3 rings (SSSR count). The van der Waals surface area contributed by atoms with Gasteiger partial charge in [-0.25, -0.2) is 9.48 Å². The Morgan fingerprint density at radius 1 is 1.13 bits per heavy atom. The Balaban J connectivity index is 2.03. The fraction of sp³-hybridized carbons (Fsp3) is 0.261. The van der Waals surface area contributed by atoms with Crippen LogP contribution in [0.15, 0.2) is 54.9 Å². The second-order valence-corrected chi connectivity index (χ2v) is 9.52. The largest absolute Gasteiger partial charge is 0.593 e. The topological polar surface area (TPSA) is 98.5 Å². The summed E-state index contributed by atoms with van der Waals surface area (Å²) in [5, 5.41) is 13.2. The van der Waals surface area contributed by atoms with E-state index in [4.69, 9.17) is 5.11 Å². The summed E-state index contributed by atoms with van der Waals surface area (Å²) in [6.07, 6.45) is 4.10. The van der Waals surface area contributed by atoms with Gasteiger partial charge >= 0.3 is 5.97 Å². The van der Waals surface area contributed by atoms with Gasteiger partial charge in [-0.2, -0.15) is 5.10 Å². The Kier molecular flexibility index (Phi) is 6.24. The lowest BCUT2D eigenvalue weighted by Gasteiger charge is -2.25. The fourth-order valence-electron chi connectivity index (χ4n) is 3.15. The van der Waals surface area contributed by atoms with Crippen LogP contribution in [0.1, 0.15) is 52.6 Å². The second-order valence-electron chi connectivity index (χ2n) is 8.30. The number of carbonyl (C=O) groups excluding carboxylic acids is 1. The summed E-state index contributed by atoms with van der Waals surface area (Å²) in [5.74, 6) is -1.50. The first-order valence-corrected chi connectivity index (χ1v) is 11.2. The summed E-state index contributed by atoms with van der Waals surface area (Å²) in [5.41, 5.74) is 3.21. The number of aromatic nitrogens is 2. The molecule has 1 atom stereocenters. The molecule has 1 amide bonds. The molecule has 0 aliphatic heterocycles. The molecule has 2 aromatic carbocycles. The summed E-state index contributed by atoms with van der Waals surface area (Å²) in [4.78, 5) is 24.5. The number of nitrogens with zero attached hydrogens (tertiary/aromatic N) is 3. The van der Waals surface area contributed by atoms with E-state index in [9.17, 15) is 14.1 Å². The van der Waals surface area contributed by atoms with E-state index in [-0.39, 0.29) is 11.0 Å². The van der Waals surface area contributed by atoms with Gasteiger partial charge in [0.15, 0.2) is 0 Å². The molecule has 1 N–H and O–H groups in total. The number of aromatic carboxylic acids is 1. The molecule has 1 aromatic heterocycles. The number of rotatable bonds is 5. The highest BCUT2D eigenvalue weighted by molar-refractivity contribution is 7.92. The van der Waals surface area contributed by atoms with Crippen LogP contribution in [0.5, 0.6) is 0 Å². The van der Waals surface area contributed by atoms with E-state index in [0.29, 0.717) is 16.9 Å². The maximum atomic E-state index is 13.4. The van der Waals surface area contributed by atoms with E-state index in [1.807, 2.05) is 25.1 Å². The maximum Gasteiger partial charge on any atom is 0.338 e. The SMILES string of the molecule is Cc1ccc(C(=O)N(c2cccc(C(C)(C)C)c2)[S@+](C)[O-])cc1-n1cc(C(=O)O)cn1. The van der Waals surface area contributed by atoms with Gasteiger partial charge in [0, 0.05) is 11.8 Å². The van der Waals surface area contributed by atoms with Crippen molar-refractivity contribution in [3.63, 3.8) is 0 Å². The summed E-state index contributed by atoms with van der Waals surface area (Å²) in [7, 11) is 0. The van der Waals surface area contributed by atoms with E-state index < -0.39 is 23.2 Å². The normalized spacial score (nSPS) is 12.5. The lowest BCUT2D eigenvalue weighted by molar-refractivity contribution is 0.0696. The van der Waals surface area contributed by atoms with Crippen molar-refractivity contribution in [1.82, 2.24) is 9.78 Å². The fourth-order valence-corrected chi connectivity index (χ4v) is 3.90. The molecule has 8 heteroatoms. The van der Waals surface area contributed by atoms with Crippen molar-refractivity contribution < 1.29 is 19.2 Å². The van der Waals surface area contributed by atoms with Gasteiger partial charge in [0.25, 0.3) is 5.91 Å². The van der Waals surface area contributed by atoms with Crippen LogP contribution >= 0.6 is 0 Å². The highest BCUT2D eigenvalue weighted by atomic mass is 32.2. The highest BCUT2D eigenvalue weighted by Gasteiger charge is 2.28. The summed E-state index contributed by atoms with van der Waals surface area (Å²) in [6.45, 7) is 8.06. The van der Waals surface area contributed by atoms with Crippen molar-refractivity contribution in [2.24, 2.45) is 0 Å². The molecule has 0 unspecified atom stereocenters. The number of anilines is 1. The zero-order valence-corrected chi connectivity index (χ0v) is 18.9. The monoisotopic (exact) mass is 439 g/mol. The molecular weight excluding hydrogens is 414 g/mol. The summed E-state index contributed by atoms with van der Waals surface area (Å²) < 4.78 is 15.2. The molecule has 0 fully saturated rings. The van der Waals surface area contributed by atoms with Crippen molar-refractivity contribution in [2.75, 3.05) is 10.6 Å². The number of aryl methyl sites for hydroxylation is 1. The molecule has 0 radical (unpaired) electrons. The Bertz CT molecular complexity index is 1130. The zero-order chi connectivity index (χ0) is 22.9. The first-order valence-electron chi connectivity index (χ1n) is 9.66. The van der Waals surface area contributed by atoms with Crippen molar-refractivity contribution in [3.8, 4) is 5.69 Å². The van der Waals surface area contributed by atoms with E-state index in [1.165, 1.54) is 27.6 Å². The minimum atomic E-state index is -1.59. The van der Waals surface area contributed by atoms with Crippen LogP contribution in [0.4, 0.5) is 5.69 Å². The van der Waals surface area contributed by atoms with Crippen molar-refractivity contribution in [1.29, 1.82) is 0 Å². The van der Waals surface area contributed by atoms with E-state index in [0.717, 1.165) is 11.1 Å². The van der Waals surface area contributed by atoms with Crippen LogP contribution in [-0.4, -0.2) is 37.6 Å². The number of amides is 1. The molecule has 7 nitrogen and oxygen atoms in total. The van der Waals surface area contributed by atoms with Crippen molar-refractivity contribution in [2.45, 2.75) is 33.1 Å². The smallest absolute Gasteiger partial charge is 0.338 e. The van der Waals surface area contributed by atoms with Crippen LogP contribution in [0.2, 0.25) is 0 Å². The number of hydrogen-bond donors (Lipinski definition) is 1. The number of carbonyl (C=O) groups is 2. The Morgan fingerprint density at radius 2 is 1.84 bits per heavy atom. The number of hydrogen-bond acceptors (Lipinski definition) is 4.